The molecule has 0 fully saturated rings. The zero-order chi connectivity index (χ0) is 22.8. The van der Waals surface area contributed by atoms with Crippen LogP contribution in [0.15, 0.2) is 30.6 Å². The molecule has 0 aliphatic heterocycles. The maximum atomic E-state index is 12.6. The first-order valence-corrected chi connectivity index (χ1v) is 9.71. The highest BCUT2D eigenvalue weighted by Gasteiger charge is 2.31. The third-order valence-electron chi connectivity index (χ3n) is 4.53. The molecular formula is C20H19ClF3N5O2. The van der Waals surface area contributed by atoms with Crippen molar-refractivity contribution in [3.8, 4) is 0 Å². The largest absolute Gasteiger partial charge is 0.417 e. The standard InChI is InChI=1S/C20H19ClF3N5O2/c1-11-5-4-8-29-16(12(2)27-18(11)29)19(31)25-7-3-6-15(30)28-17-14(21)9-13(10-26-17)20(22,23)24/h4-5,8-10H,3,6-7H2,1-2H3,(H,25,31)(H,26,28,30). The molecule has 2 amide bonds. The van der Waals surface area contributed by atoms with Crippen molar-refractivity contribution in [1.29, 1.82) is 0 Å². The molecule has 3 aromatic heterocycles. The van der Waals surface area contributed by atoms with Gasteiger partial charge in [-0.3, -0.25) is 14.0 Å². The van der Waals surface area contributed by atoms with Gasteiger partial charge in [0.15, 0.2) is 5.82 Å². The molecule has 0 unspecified atom stereocenters. The number of alkyl halides is 3. The van der Waals surface area contributed by atoms with Crippen LogP contribution in [-0.4, -0.2) is 32.7 Å². The van der Waals surface area contributed by atoms with Gasteiger partial charge in [0.2, 0.25) is 5.91 Å². The summed E-state index contributed by atoms with van der Waals surface area (Å²) >= 11 is 5.77. The van der Waals surface area contributed by atoms with Gasteiger partial charge in [-0.05, 0) is 38.0 Å². The van der Waals surface area contributed by atoms with Crippen molar-refractivity contribution in [1.82, 2.24) is 19.7 Å². The van der Waals surface area contributed by atoms with E-state index in [2.05, 4.69) is 20.6 Å². The molecule has 3 heterocycles. The van der Waals surface area contributed by atoms with Crippen molar-refractivity contribution in [2.45, 2.75) is 32.9 Å². The highest BCUT2D eigenvalue weighted by atomic mass is 35.5. The number of amides is 2. The van der Waals surface area contributed by atoms with Gasteiger partial charge in [-0.2, -0.15) is 13.2 Å². The van der Waals surface area contributed by atoms with Gasteiger partial charge >= 0.3 is 6.18 Å². The first-order chi connectivity index (χ1) is 14.6. The van der Waals surface area contributed by atoms with Crippen LogP contribution in [0.5, 0.6) is 0 Å². The molecule has 3 rings (SSSR count). The third kappa shape index (κ3) is 5.13. The number of pyridine rings is 2. The lowest BCUT2D eigenvalue weighted by Crippen LogP contribution is -2.27. The Morgan fingerprint density at radius 3 is 2.68 bits per heavy atom. The number of hydrogen-bond donors (Lipinski definition) is 2. The molecule has 11 heteroatoms. The number of halogens is 4. The molecule has 0 aliphatic carbocycles. The number of carbonyl (C=O) groups is 2. The Morgan fingerprint density at radius 1 is 1.26 bits per heavy atom. The summed E-state index contributed by atoms with van der Waals surface area (Å²) in [6.45, 7) is 3.87. The van der Waals surface area contributed by atoms with Crippen LogP contribution in [0.2, 0.25) is 5.02 Å². The van der Waals surface area contributed by atoms with E-state index in [4.69, 9.17) is 11.6 Å². The van der Waals surface area contributed by atoms with E-state index in [-0.39, 0.29) is 29.7 Å². The third-order valence-corrected chi connectivity index (χ3v) is 4.82. The van der Waals surface area contributed by atoms with Crippen LogP contribution in [0.25, 0.3) is 5.65 Å². The van der Waals surface area contributed by atoms with Crippen LogP contribution in [0, 0.1) is 13.8 Å². The molecule has 2 N–H and O–H groups in total. The lowest BCUT2D eigenvalue weighted by atomic mass is 10.2. The Morgan fingerprint density at radius 2 is 2.00 bits per heavy atom. The van der Waals surface area contributed by atoms with Crippen LogP contribution >= 0.6 is 11.6 Å². The van der Waals surface area contributed by atoms with Crippen LogP contribution < -0.4 is 10.6 Å². The average Bonchev–Trinajstić information content (AvgIpc) is 3.03. The highest BCUT2D eigenvalue weighted by Crippen LogP contribution is 2.32. The molecule has 7 nitrogen and oxygen atoms in total. The van der Waals surface area contributed by atoms with Crippen molar-refractivity contribution in [3.63, 3.8) is 0 Å². The van der Waals surface area contributed by atoms with E-state index in [0.29, 0.717) is 35.7 Å². The summed E-state index contributed by atoms with van der Waals surface area (Å²) < 4.78 is 39.6. The second-order valence-electron chi connectivity index (χ2n) is 6.89. The highest BCUT2D eigenvalue weighted by molar-refractivity contribution is 6.33. The van der Waals surface area contributed by atoms with Crippen molar-refractivity contribution >= 4 is 34.9 Å². The number of fused-ring (bicyclic) bond motifs is 1. The number of hydrogen-bond acceptors (Lipinski definition) is 4. The number of aryl methyl sites for hydroxylation is 2. The minimum atomic E-state index is -4.57. The Balaban J connectivity index is 1.52. The van der Waals surface area contributed by atoms with Crippen LogP contribution in [0.3, 0.4) is 0 Å². The van der Waals surface area contributed by atoms with E-state index in [1.807, 2.05) is 19.1 Å². The van der Waals surface area contributed by atoms with Crippen LogP contribution in [-0.2, 0) is 11.0 Å². The smallest absolute Gasteiger partial charge is 0.351 e. The molecule has 0 saturated heterocycles. The van der Waals surface area contributed by atoms with Crippen molar-refractivity contribution in [2.24, 2.45) is 0 Å². The predicted molar refractivity (Wildman–Crippen MR) is 109 cm³/mol. The molecule has 0 saturated carbocycles. The zero-order valence-electron chi connectivity index (χ0n) is 16.7. The number of anilines is 1. The van der Waals surface area contributed by atoms with E-state index in [0.717, 1.165) is 5.56 Å². The Labute approximate surface area is 180 Å². The quantitative estimate of drug-likeness (QED) is 0.548. The monoisotopic (exact) mass is 453 g/mol. The van der Waals surface area contributed by atoms with E-state index < -0.39 is 17.6 Å². The minimum absolute atomic E-state index is 0.0184. The van der Waals surface area contributed by atoms with Crippen molar-refractivity contribution < 1.29 is 22.8 Å². The van der Waals surface area contributed by atoms with Gasteiger partial charge in [0.05, 0.1) is 16.3 Å². The van der Waals surface area contributed by atoms with Gasteiger partial charge in [-0.25, -0.2) is 9.97 Å². The lowest BCUT2D eigenvalue weighted by Gasteiger charge is -2.10. The molecule has 0 atom stereocenters. The Hall–Kier alpha value is -3.14. The molecule has 0 aliphatic rings. The molecule has 0 aromatic carbocycles. The van der Waals surface area contributed by atoms with E-state index >= 15 is 0 Å². The second kappa shape index (κ2) is 8.93. The fraction of sp³-hybridized carbons (Fsp3) is 0.300. The number of nitrogens with one attached hydrogen (secondary N) is 2. The van der Waals surface area contributed by atoms with Gasteiger partial charge in [0, 0.05) is 25.4 Å². The first-order valence-electron chi connectivity index (χ1n) is 9.33. The number of rotatable bonds is 6. The summed E-state index contributed by atoms with van der Waals surface area (Å²) in [6, 6.07) is 4.43. The normalized spacial score (nSPS) is 11.5. The maximum Gasteiger partial charge on any atom is 0.417 e. The van der Waals surface area contributed by atoms with E-state index in [9.17, 15) is 22.8 Å². The van der Waals surface area contributed by atoms with Crippen molar-refractivity contribution in [2.75, 3.05) is 11.9 Å². The van der Waals surface area contributed by atoms with Gasteiger partial charge in [0.1, 0.15) is 11.3 Å². The molecular weight excluding hydrogens is 435 g/mol. The van der Waals surface area contributed by atoms with E-state index in [1.54, 1.807) is 17.5 Å². The molecule has 164 valence electrons. The minimum Gasteiger partial charge on any atom is -0.351 e. The SMILES string of the molecule is Cc1nc2c(C)cccn2c1C(=O)NCCCC(=O)Nc1ncc(C(F)(F)F)cc1Cl. The second-order valence-corrected chi connectivity index (χ2v) is 7.30. The predicted octanol–water partition coefficient (Wildman–Crippen LogP) is 4.17. The maximum absolute atomic E-state index is 12.6. The summed E-state index contributed by atoms with van der Waals surface area (Å²) in [5.41, 5.74) is 1.65. The summed E-state index contributed by atoms with van der Waals surface area (Å²) in [7, 11) is 0. The van der Waals surface area contributed by atoms with Gasteiger partial charge in [0.25, 0.3) is 5.91 Å². The lowest BCUT2D eigenvalue weighted by molar-refractivity contribution is -0.137. The Kier molecular flexibility index (Phi) is 6.49. The fourth-order valence-corrected chi connectivity index (χ4v) is 3.22. The zero-order valence-corrected chi connectivity index (χ0v) is 17.4. The number of aromatic nitrogens is 3. The number of carbonyl (C=O) groups excluding carboxylic acids is 2. The molecule has 0 radical (unpaired) electrons. The Bertz CT molecular complexity index is 1140. The topological polar surface area (TPSA) is 88.4 Å². The summed E-state index contributed by atoms with van der Waals surface area (Å²) in [5.74, 6) is -0.950. The van der Waals surface area contributed by atoms with E-state index in [1.165, 1.54) is 0 Å². The van der Waals surface area contributed by atoms with Crippen molar-refractivity contribution in [3.05, 3.63) is 58.1 Å². The molecule has 0 spiro atoms. The molecule has 31 heavy (non-hydrogen) atoms. The molecule has 0 bridgehead atoms. The number of nitrogens with zero attached hydrogens (tertiary/aromatic N) is 3. The van der Waals surface area contributed by atoms with Gasteiger partial charge < -0.3 is 10.6 Å². The van der Waals surface area contributed by atoms with Gasteiger partial charge in [-0.1, -0.05) is 17.7 Å². The van der Waals surface area contributed by atoms with Crippen LogP contribution in [0.4, 0.5) is 19.0 Å². The summed E-state index contributed by atoms with van der Waals surface area (Å²) in [6.07, 6.45) is -1.89. The fourth-order valence-electron chi connectivity index (χ4n) is 3.00. The number of imidazole rings is 1. The first kappa shape index (κ1) is 22.5. The van der Waals surface area contributed by atoms with Crippen LogP contribution in [0.1, 0.15) is 40.2 Å². The average molecular weight is 454 g/mol. The molecule has 3 aromatic rings. The van der Waals surface area contributed by atoms with Gasteiger partial charge in [-0.15, -0.1) is 0 Å². The summed E-state index contributed by atoms with van der Waals surface area (Å²) in [5, 5.41) is 4.80. The summed E-state index contributed by atoms with van der Waals surface area (Å²) in [4.78, 5) is 32.6.